The predicted octanol–water partition coefficient (Wildman–Crippen LogP) is 2.98. The molecule has 0 unspecified atom stereocenters. The van der Waals surface area contributed by atoms with Gasteiger partial charge in [0.05, 0.1) is 11.5 Å². The minimum atomic E-state index is -0.486. The SMILES string of the molecule is COCc1ccccc1CNC(=O)c1cccc([N+](=O)[O-])c1C. The number of carbonyl (C=O) groups is 1. The first kappa shape index (κ1) is 16.6. The van der Waals surface area contributed by atoms with Crippen molar-refractivity contribution in [3.63, 3.8) is 0 Å². The number of nitro benzene ring substituents is 1. The Morgan fingerprint density at radius 3 is 2.52 bits per heavy atom. The summed E-state index contributed by atoms with van der Waals surface area (Å²) in [6, 6.07) is 12.1. The average molecular weight is 314 g/mol. The van der Waals surface area contributed by atoms with E-state index in [0.717, 1.165) is 11.1 Å². The van der Waals surface area contributed by atoms with E-state index in [9.17, 15) is 14.9 Å². The van der Waals surface area contributed by atoms with Gasteiger partial charge in [-0.2, -0.15) is 0 Å². The highest BCUT2D eigenvalue weighted by atomic mass is 16.6. The molecule has 0 aliphatic rings. The minimum Gasteiger partial charge on any atom is -0.380 e. The normalized spacial score (nSPS) is 10.3. The van der Waals surface area contributed by atoms with Crippen LogP contribution in [-0.2, 0) is 17.9 Å². The lowest BCUT2D eigenvalue weighted by Gasteiger charge is -2.11. The molecule has 1 N–H and O–H groups in total. The number of ether oxygens (including phenoxy) is 1. The molecule has 6 nitrogen and oxygen atoms in total. The lowest BCUT2D eigenvalue weighted by atomic mass is 10.1. The van der Waals surface area contributed by atoms with Crippen molar-refractivity contribution in [2.75, 3.05) is 7.11 Å². The molecule has 2 aromatic carbocycles. The number of nitrogens with one attached hydrogen (secondary N) is 1. The molecule has 23 heavy (non-hydrogen) atoms. The van der Waals surface area contributed by atoms with Crippen molar-refractivity contribution in [3.05, 3.63) is 74.8 Å². The molecule has 0 bridgehead atoms. The van der Waals surface area contributed by atoms with Crippen LogP contribution in [0.1, 0.15) is 27.0 Å². The molecule has 0 radical (unpaired) electrons. The van der Waals surface area contributed by atoms with E-state index in [2.05, 4.69) is 5.32 Å². The van der Waals surface area contributed by atoms with Crippen LogP contribution in [0, 0.1) is 17.0 Å². The van der Waals surface area contributed by atoms with Crippen molar-refractivity contribution in [3.8, 4) is 0 Å². The van der Waals surface area contributed by atoms with Crippen LogP contribution in [0.2, 0.25) is 0 Å². The van der Waals surface area contributed by atoms with Crippen LogP contribution in [0.4, 0.5) is 5.69 Å². The topological polar surface area (TPSA) is 81.5 Å². The number of amides is 1. The summed E-state index contributed by atoms with van der Waals surface area (Å²) in [4.78, 5) is 22.8. The summed E-state index contributed by atoms with van der Waals surface area (Å²) in [6.45, 7) is 2.37. The number of benzene rings is 2. The van der Waals surface area contributed by atoms with E-state index >= 15 is 0 Å². The largest absolute Gasteiger partial charge is 0.380 e. The van der Waals surface area contributed by atoms with Crippen molar-refractivity contribution in [2.24, 2.45) is 0 Å². The minimum absolute atomic E-state index is 0.0579. The highest BCUT2D eigenvalue weighted by molar-refractivity contribution is 5.96. The number of nitro groups is 1. The fourth-order valence-electron chi connectivity index (χ4n) is 2.36. The summed E-state index contributed by atoms with van der Waals surface area (Å²) in [5.41, 5.74) is 2.55. The van der Waals surface area contributed by atoms with Gasteiger partial charge in [0.2, 0.25) is 0 Å². The standard InChI is InChI=1S/C17H18N2O4/c1-12-15(8-5-9-16(12)19(21)22)17(20)18-10-13-6-3-4-7-14(13)11-23-2/h3-9H,10-11H2,1-2H3,(H,18,20). The van der Waals surface area contributed by atoms with Gasteiger partial charge in [-0.05, 0) is 24.1 Å². The molecular weight excluding hydrogens is 296 g/mol. The highest BCUT2D eigenvalue weighted by Gasteiger charge is 2.17. The molecule has 2 aromatic rings. The second-order valence-corrected chi connectivity index (χ2v) is 5.09. The van der Waals surface area contributed by atoms with Gasteiger partial charge in [0.25, 0.3) is 11.6 Å². The molecule has 0 saturated heterocycles. The van der Waals surface area contributed by atoms with Crippen LogP contribution in [-0.4, -0.2) is 17.9 Å². The Kier molecular flexibility index (Phi) is 5.43. The maximum Gasteiger partial charge on any atom is 0.273 e. The summed E-state index contributed by atoms with van der Waals surface area (Å²) >= 11 is 0. The smallest absolute Gasteiger partial charge is 0.273 e. The molecule has 0 aliphatic heterocycles. The molecule has 2 rings (SSSR count). The molecule has 0 fully saturated rings. The fourth-order valence-corrected chi connectivity index (χ4v) is 2.36. The Morgan fingerprint density at radius 1 is 1.17 bits per heavy atom. The number of hydrogen-bond acceptors (Lipinski definition) is 4. The van der Waals surface area contributed by atoms with E-state index in [1.165, 1.54) is 12.1 Å². The third-order valence-electron chi connectivity index (χ3n) is 3.60. The molecule has 0 spiro atoms. The molecule has 0 aromatic heterocycles. The van der Waals surface area contributed by atoms with Gasteiger partial charge >= 0.3 is 0 Å². The Bertz CT molecular complexity index is 728. The molecule has 6 heteroatoms. The monoisotopic (exact) mass is 314 g/mol. The quantitative estimate of drug-likeness (QED) is 0.656. The van der Waals surface area contributed by atoms with Crippen molar-refractivity contribution < 1.29 is 14.5 Å². The number of methoxy groups -OCH3 is 1. The average Bonchev–Trinajstić information content (AvgIpc) is 2.54. The molecule has 0 atom stereocenters. The second kappa shape index (κ2) is 7.51. The van der Waals surface area contributed by atoms with Crippen LogP contribution in [0.3, 0.4) is 0 Å². The fraction of sp³-hybridized carbons (Fsp3) is 0.235. The highest BCUT2D eigenvalue weighted by Crippen LogP contribution is 2.21. The maximum atomic E-state index is 12.3. The van der Waals surface area contributed by atoms with Gasteiger partial charge in [0, 0.05) is 30.8 Å². The molecule has 0 aliphatic carbocycles. The zero-order valence-corrected chi connectivity index (χ0v) is 13.0. The van der Waals surface area contributed by atoms with Crippen molar-refractivity contribution >= 4 is 11.6 Å². The van der Waals surface area contributed by atoms with Gasteiger partial charge in [0.1, 0.15) is 0 Å². The number of hydrogen-bond donors (Lipinski definition) is 1. The third-order valence-corrected chi connectivity index (χ3v) is 3.60. The van der Waals surface area contributed by atoms with Gasteiger partial charge in [-0.25, -0.2) is 0 Å². The van der Waals surface area contributed by atoms with Crippen LogP contribution in [0.25, 0.3) is 0 Å². The van der Waals surface area contributed by atoms with E-state index in [1.54, 1.807) is 20.1 Å². The first-order valence-corrected chi connectivity index (χ1v) is 7.12. The molecule has 1 amide bonds. The first-order chi connectivity index (χ1) is 11.0. The van der Waals surface area contributed by atoms with E-state index < -0.39 is 4.92 Å². The molecule has 0 saturated carbocycles. The molecule has 120 valence electrons. The van der Waals surface area contributed by atoms with Gasteiger partial charge in [-0.15, -0.1) is 0 Å². The van der Waals surface area contributed by atoms with Gasteiger partial charge in [0.15, 0.2) is 0 Å². The number of rotatable bonds is 6. The van der Waals surface area contributed by atoms with Gasteiger partial charge in [-0.1, -0.05) is 30.3 Å². The summed E-state index contributed by atoms with van der Waals surface area (Å²) in [5, 5.41) is 13.8. The summed E-state index contributed by atoms with van der Waals surface area (Å²) < 4.78 is 5.13. The van der Waals surface area contributed by atoms with Crippen LogP contribution in [0.15, 0.2) is 42.5 Å². The Morgan fingerprint density at radius 2 is 1.87 bits per heavy atom. The summed E-state index contributed by atoms with van der Waals surface area (Å²) in [5.74, 6) is -0.335. The lowest BCUT2D eigenvalue weighted by molar-refractivity contribution is -0.385. The number of carbonyl (C=O) groups excluding carboxylic acids is 1. The predicted molar refractivity (Wildman–Crippen MR) is 86.2 cm³/mol. The zero-order chi connectivity index (χ0) is 16.8. The zero-order valence-electron chi connectivity index (χ0n) is 13.0. The molecule has 0 heterocycles. The summed E-state index contributed by atoms with van der Waals surface area (Å²) in [6.07, 6.45) is 0. The van der Waals surface area contributed by atoms with E-state index in [1.807, 2.05) is 24.3 Å². The Labute approximate surface area is 134 Å². The summed E-state index contributed by atoms with van der Waals surface area (Å²) in [7, 11) is 1.61. The lowest BCUT2D eigenvalue weighted by Crippen LogP contribution is -2.24. The number of nitrogens with zero attached hydrogens (tertiary/aromatic N) is 1. The Balaban J connectivity index is 2.15. The van der Waals surface area contributed by atoms with Crippen molar-refractivity contribution in [1.82, 2.24) is 5.32 Å². The van der Waals surface area contributed by atoms with E-state index in [-0.39, 0.29) is 11.6 Å². The van der Waals surface area contributed by atoms with Crippen LogP contribution < -0.4 is 5.32 Å². The first-order valence-electron chi connectivity index (χ1n) is 7.12. The third kappa shape index (κ3) is 3.92. The van der Waals surface area contributed by atoms with E-state index in [4.69, 9.17) is 4.74 Å². The van der Waals surface area contributed by atoms with Crippen molar-refractivity contribution in [2.45, 2.75) is 20.1 Å². The molecular formula is C17H18N2O4. The van der Waals surface area contributed by atoms with Crippen LogP contribution >= 0.6 is 0 Å². The van der Waals surface area contributed by atoms with Crippen molar-refractivity contribution in [1.29, 1.82) is 0 Å². The Hall–Kier alpha value is -2.73. The maximum absolute atomic E-state index is 12.3. The van der Waals surface area contributed by atoms with Gasteiger partial charge in [-0.3, -0.25) is 14.9 Å². The van der Waals surface area contributed by atoms with Crippen LogP contribution in [0.5, 0.6) is 0 Å². The van der Waals surface area contributed by atoms with E-state index in [0.29, 0.717) is 24.3 Å². The van der Waals surface area contributed by atoms with Gasteiger partial charge < -0.3 is 10.1 Å². The second-order valence-electron chi connectivity index (χ2n) is 5.09.